The normalized spacial score (nSPS) is 19.0. The molecule has 6 heteroatoms. The van der Waals surface area contributed by atoms with Gasteiger partial charge >= 0.3 is 0 Å². The number of fused-ring (bicyclic) bond motifs is 1. The highest BCUT2D eigenvalue weighted by Crippen LogP contribution is 2.36. The summed E-state index contributed by atoms with van der Waals surface area (Å²) in [5.74, 6) is 1.47. The largest absolute Gasteiger partial charge is 0.342 e. The molecule has 0 spiro atoms. The Bertz CT molecular complexity index is 1010. The maximum atomic E-state index is 12.5. The van der Waals surface area contributed by atoms with Gasteiger partial charge in [0.05, 0.1) is 4.88 Å². The van der Waals surface area contributed by atoms with Crippen LogP contribution in [0.1, 0.15) is 52.6 Å². The fourth-order valence-corrected chi connectivity index (χ4v) is 5.57. The van der Waals surface area contributed by atoms with Crippen LogP contribution in [-0.4, -0.2) is 34.0 Å². The van der Waals surface area contributed by atoms with Crippen LogP contribution in [-0.2, 0) is 24.1 Å². The zero-order valence-corrected chi connectivity index (χ0v) is 17.5. The van der Waals surface area contributed by atoms with Crippen LogP contribution in [0.5, 0.6) is 0 Å². The van der Waals surface area contributed by atoms with Crippen molar-refractivity contribution in [1.29, 1.82) is 0 Å². The number of nitrogens with zero attached hydrogens (tertiary/aromatic N) is 3. The number of thiophene rings is 1. The number of benzene rings is 1. The van der Waals surface area contributed by atoms with Gasteiger partial charge in [0, 0.05) is 30.3 Å². The maximum Gasteiger partial charge on any atom is 0.268 e. The van der Waals surface area contributed by atoms with E-state index in [0.717, 1.165) is 30.7 Å². The number of amides is 1. The lowest BCUT2D eigenvalue weighted by molar-refractivity contribution is -0.127. The van der Waals surface area contributed by atoms with Crippen LogP contribution in [0.25, 0.3) is 10.8 Å². The Labute approximate surface area is 174 Å². The van der Waals surface area contributed by atoms with Crippen molar-refractivity contribution in [3.05, 3.63) is 57.7 Å². The van der Waals surface area contributed by atoms with E-state index >= 15 is 0 Å². The Morgan fingerprint density at radius 3 is 3.00 bits per heavy atom. The summed E-state index contributed by atoms with van der Waals surface area (Å²) in [4.78, 5) is 21.6. The van der Waals surface area contributed by atoms with Crippen molar-refractivity contribution in [3.63, 3.8) is 0 Å². The molecule has 150 valence electrons. The zero-order chi connectivity index (χ0) is 19.8. The third kappa shape index (κ3) is 3.86. The molecule has 3 heterocycles. The van der Waals surface area contributed by atoms with Gasteiger partial charge in [-0.3, -0.25) is 4.79 Å². The number of aromatic nitrogens is 2. The quantitative estimate of drug-likeness (QED) is 0.623. The Balaban J connectivity index is 1.25. The molecule has 1 atom stereocenters. The topological polar surface area (TPSA) is 59.2 Å². The molecule has 3 aromatic rings. The number of hydrogen-bond donors (Lipinski definition) is 0. The molecule has 1 unspecified atom stereocenters. The molecule has 1 aliphatic heterocycles. The summed E-state index contributed by atoms with van der Waals surface area (Å²) in [6, 6.07) is 10.7. The van der Waals surface area contributed by atoms with Crippen molar-refractivity contribution in [3.8, 4) is 10.8 Å². The van der Waals surface area contributed by atoms with Gasteiger partial charge in [-0.05, 0) is 56.2 Å². The van der Waals surface area contributed by atoms with Crippen molar-refractivity contribution < 1.29 is 9.32 Å². The van der Waals surface area contributed by atoms with E-state index in [2.05, 4.69) is 47.4 Å². The lowest BCUT2D eigenvalue weighted by Crippen LogP contribution is -2.27. The average Bonchev–Trinajstić information content (AvgIpc) is 3.44. The number of likely N-dealkylation sites (tertiary alicyclic amines) is 1. The molecule has 1 amide bonds. The summed E-state index contributed by atoms with van der Waals surface area (Å²) in [6.07, 6.45) is 6.19. The predicted molar refractivity (Wildman–Crippen MR) is 113 cm³/mol. The first-order valence-corrected chi connectivity index (χ1v) is 11.3. The third-order valence-electron chi connectivity index (χ3n) is 5.98. The molecule has 2 aliphatic rings. The minimum atomic E-state index is 0.0205. The highest BCUT2D eigenvalue weighted by Gasteiger charge is 2.33. The van der Waals surface area contributed by atoms with Gasteiger partial charge in [-0.2, -0.15) is 4.98 Å². The van der Waals surface area contributed by atoms with Crippen molar-refractivity contribution >= 4 is 17.2 Å². The fourth-order valence-electron chi connectivity index (χ4n) is 4.39. The van der Waals surface area contributed by atoms with Crippen LogP contribution in [0, 0.1) is 6.92 Å². The van der Waals surface area contributed by atoms with E-state index in [1.165, 1.54) is 34.4 Å². The SMILES string of the molecule is Cc1cccc(CCN2CC(c3noc(-c4cc5c(s4)CCCC5)n3)CC2=O)c1. The van der Waals surface area contributed by atoms with Gasteiger partial charge < -0.3 is 9.42 Å². The van der Waals surface area contributed by atoms with Gasteiger partial charge in [0.15, 0.2) is 5.82 Å². The lowest BCUT2D eigenvalue weighted by atomic mass is 9.99. The van der Waals surface area contributed by atoms with E-state index in [1.54, 1.807) is 11.3 Å². The summed E-state index contributed by atoms with van der Waals surface area (Å²) >= 11 is 1.78. The standard InChI is InChI=1S/C23H25N3O2S/c1-15-5-4-6-16(11-15)9-10-26-14-18(13-21(26)27)22-24-23(28-25-22)20-12-17-7-2-3-8-19(17)29-20/h4-6,11-12,18H,2-3,7-10,13-14H2,1H3. The molecule has 0 saturated carbocycles. The number of aryl methyl sites for hydroxylation is 3. The summed E-state index contributed by atoms with van der Waals surface area (Å²) in [5.41, 5.74) is 3.96. The van der Waals surface area contributed by atoms with Crippen molar-refractivity contribution in [1.82, 2.24) is 15.0 Å². The van der Waals surface area contributed by atoms with E-state index < -0.39 is 0 Å². The van der Waals surface area contributed by atoms with Gasteiger partial charge in [-0.1, -0.05) is 35.0 Å². The van der Waals surface area contributed by atoms with Crippen LogP contribution >= 0.6 is 11.3 Å². The molecule has 1 fully saturated rings. The predicted octanol–water partition coefficient (Wildman–Crippen LogP) is 4.54. The molecule has 0 N–H and O–H groups in total. The van der Waals surface area contributed by atoms with Gasteiger partial charge in [0.25, 0.3) is 5.89 Å². The van der Waals surface area contributed by atoms with Crippen molar-refractivity contribution in [2.24, 2.45) is 0 Å². The number of carbonyl (C=O) groups excluding carboxylic acids is 1. The third-order valence-corrected chi connectivity index (χ3v) is 7.21. The molecule has 1 saturated heterocycles. The summed E-state index contributed by atoms with van der Waals surface area (Å²) < 4.78 is 5.57. The van der Waals surface area contributed by atoms with Gasteiger partial charge in [-0.25, -0.2) is 0 Å². The first-order chi connectivity index (χ1) is 14.2. The van der Waals surface area contributed by atoms with Gasteiger partial charge in [-0.15, -0.1) is 11.3 Å². The molecule has 0 bridgehead atoms. The molecule has 1 aliphatic carbocycles. The molecule has 5 rings (SSSR count). The van der Waals surface area contributed by atoms with Crippen molar-refractivity contribution in [2.75, 3.05) is 13.1 Å². The van der Waals surface area contributed by atoms with Crippen LogP contribution in [0.4, 0.5) is 0 Å². The first-order valence-electron chi connectivity index (χ1n) is 10.4. The zero-order valence-electron chi connectivity index (χ0n) is 16.7. The van der Waals surface area contributed by atoms with Crippen LogP contribution < -0.4 is 0 Å². The Hall–Kier alpha value is -2.47. The smallest absolute Gasteiger partial charge is 0.268 e. The Kier molecular flexibility index (Phi) is 4.96. The van der Waals surface area contributed by atoms with E-state index in [9.17, 15) is 4.79 Å². The number of carbonyl (C=O) groups is 1. The molecular formula is C23H25N3O2S. The molecule has 0 radical (unpaired) electrons. The monoisotopic (exact) mass is 407 g/mol. The van der Waals surface area contributed by atoms with Crippen LogP contribution in [0.15, 0.2) is 34.9 Å². The summed E-state index contributed by atoms with van der Waals surface area (Å²) in [6.45, 7) is 3.50. The lowest BCUT2D eigenvalue weighted by Gasteiger charge is -2.16. The minimum Gasteiger partial charge on any atom is -0.342 e. The van der Waals surface area contributed by atoms with Crippen LogP contribution in [0.3, 0.4) is 0 Å². The summed E-state index contributed by atoms with van der Waals surface area (Å²) in [7, 11) is 0. The van der Waals surface area contributed by atoms with Crippen LogP contribution in [0.2, 0.25) is 0 Å². The Morgan fingerprint density at radius 2 is 2.14 bits per heavy atom. The molecular weight excluding hydrogens is 382 g/mol. The maximum absolute atomic E-state index is 12.5. The molecule has 29 heavy (non-hydrogen) atoms. The average molecular weight is 408 g/mol. The van der Waals surface area contributed by atoms with E-state index in [-0.39, 0.29) is 11.8 Å². The van der Waals surface area contributed by atoms with Crippen molar-refractivity contribution in [2.45, 2.75) is 51.4 Å². The van der Waals surface area contributed by atoms with Gasteiger partial charge in [0.2, 0.25) is 5.91 Å². The summed E-state index contributed by atoms with van der Waals surface area (Å²) in [5, 5.41) is 4.22. The minimum absolute atomic E-state index is 0.0205. The fraction of sp³-hybridized carbons (Fsp3) is 0.435. The first kappa shape index (κ1) is 18.6. The highest BCUT2D eigenvalue weighted by atomic mass is 32.1. The second-order valence-electron chi connectivity index (χ2n) is 8.20. The molecule has 2 aromatic heterocycles. The Morgan fingerprint density at radius 1 is 1.24 bits per heavy atom. The van der Waals surface area contributed by atoms with Gasteiger partial charge in [0.1, 0.15) is 0 Å². The second kappa shape index (κ2) is 7.75. The highest BCUT2D eigenvalue weighted by molar-refractivity contribution is 7.15. The molecule has 1 aromatic carbocycles. The van der Waals surface area contributed by atoms with E-state index in [4.69, 9.17) is 4.52 Å². The van der Waals surface area contributed by atoms with E-state index in [0.29, 0.717) is 24.7 Å². The number of rotatable bonds is 5. The molecule has 5 nitrogen and oxygen atoms in total. The number of hydrogen-bond acceptors (Lipinski definition) is 5. The second-order valence-corrected chi connectivity index (χ2v) is 9.34. The van der Waals surface area contributed by atoms with E-state index in [1.807, 2.05) is 4.90 Å².